The van der Waals surface area contributed by atoms with Crippen molar-refractivity contribution in [3.63, 3.8) is 0 Å². The molecular formula is C48H45N. The van der Waals surface area contributed by atoms with Crippen molar-refractivity contribution in [1.82, 2.24) is 0 Å². The first-order valence-electron chi connectivity index (χ1n) is 17.9. The molecular weight excluding hydrogens is 591 g/mol. The van der Waals surface area contributed by atoms with Gasteiger partial charge in [-0.05, 0) is 114 Å². The van der Waals surface area contributed by atoms with E-state index in [1.807, 2.05) is 0 Å². The van der Waals surface area contributed by atoms with Gasteiger partial charge in [-0.1, -0.05) is 146 Å². The van der Waals surface area contributed by atoms with E-state index >= 15 is 0 Å². The van der Waals surface area contributed by atoms with Crippen molar-refractivity contribution < 1.29 is 0 Å². The lowest BCUT2D eigenvalue weighted by atomic mass is 9.54. The molecule has 0 spiro atoms. The molecule has 0 N–H and O–H groups in total. The van der Waals surface area contributed by atoms with Crippen LogP contribution in [0.3, 0.4) is 0 Å². The van der Waals surface area contributed by atoms with Crippen molar-refractivity contribution in [2.45, 2.75) is 77.0 Å². The van der Waals surface area contributed by atoms with E-state index in [1.54, 1.807) is 0 Å². The van der Waals surface area contributed by atoms with E-state index in [1.165, 1.54) is 83.8 Å². The van der Waals surface area contributed by atoms with Crippen LogP contribution >= 0.6 is 0 Å². The Hall–Kier alpha value is -4.88. The van der Waals surface area contributed by atoms with Crippen LogP contribution in [0, 0.1) is 0 Å². The SMILES string of the molecule is CC1(C)c2ccccc2-c2ccc(N(c3ccccc3)c3ccc4c(c3)C(C)(C)c3ccc5c(c3-4)-c3ccccc3C(C)(C)C5(C)C)cc21. The third kappa shape index (κ3) is 3.88. The Labute approximate surface area is 292 Å². The van der Waals surface area contributed by atoms with E-state index in [4.69, 9.17) is 0 Å². The normalized spacial score (nSPS) is 17.6. The minimum absolute atomic E-state index is 0.00756. The number of benzene rings is 6. The van der Waals surface area contributed by atoms with Crippen LogP contribution in [0.5, 0.6) is 0 Å². The number of para-hydroxylation sites is 1. The van der Waals surface area contributed by atoms with Crippen molar-refractivity contribution >= 4 is 17.1 Å². The van der Waals surface area contributed by atoms with Crippen LogP contribution in [0.1, 0.15) is 88.8 Å². The van der Waals surface area contributed by atoms with Crippen LogP contribution in [0.25, 0.3) is 33.4 Å². The molecule has 6 aromatic rings. The smallest absolute Gasteiger partial charge is 0.0465 e. The molecule has 3 aliphatic rings. The van der Waals surface area contributed by atoms with E-state index in [-0.39, 0.29) is 21.7 Å². The van der Waals surface area contributed by atoms with Gasteiger partial charge in [-0.3, -0.25) is 0 Å². The number of hydrogen-bond donors (Lipinski definition) is 0. The molecule has 0 heterocycles. The molecule has 0 saturated heterocycles. The minimum atomic E-state index is -0.147. The predicted molar refractivity (Wildman–Crippen MR) is 208 cm³/mol. The van der Waals surface area contributed by atoms with Gasteiger partial charge >= 0.3 is 0 Å². The molecule has 6 aromatic carbocycles. The van der Waals surface area contributed by atoms with Crippen LogP contribution < -0.4 is 4.90 Å². The zero-order valence-electron chi connectivity index (χ0n) is 30.1. The average Bonchev–Trinajstić information content (AvgIpc) is 3.47. The Morgan fingerprint density at radius 1 is 0.327 bits per heavy atom. The molecule has 0 aliphatic heterocycles. The molecule has 242 valence electrons. The Kier molecular flexibility index (Phi) is 6.07. The van der Waals surface area contributed by atoms with E-state index in [0.29, 0.717) is 0 Å². The zero-order chi connectivity index (χ0) is 34.1. The summed E-state index contributed by atoms with van der Waals surface area (Å²) in [5, 5.41) is 0. The van der Waals surface area contributed by atoms with Crippen molar-refractivity contribution in [1.29, 1.82) is 0 Å². The third-order valence-electron chi connectivity index (χ3n) is 13.0. The van der Waals surface area contributed by atoms with Gasteiger partial charge in [0, 0.05) is 27.9 Å². The molecule has 49 heavy (non-hydrogen) atoms. The second-order valence-corrected chi connectivity index (χ2v) is 16.6. The maximum absolute atomic E-state index is 2.48. The molecule has 0 atom stereocenters. The highest BCUT2D eigenvalue weighted by molar-refractivity contribution is 5.98. The molecule has 0 unspecified atom stereocenters. The number of rotatable bonds is 3. The summed E-state index contributed by atoms with van der Waals surface area (Å²) < 4.78 is 0. The molecule has 0 bridgehead atoms. The molecule has 1 heteroatoms. The fraction of sp³-hybridized carbons (Fsp3) is 0.250. The first-order chi connectivity index (χ1) is 23.3. The van der Waals surface area contributed by atoms with Gasteiger partial charge in [0.25, 0.3) is 0 Å². The molecule has 0 radical (unpaired) electrons. The van der Waals surface area contributed by atoms with Crippen molar-refractivity contribution in [2.75, 3.05) is 4.90 Å². The second-order valence-electron chi connectivity index (χ2n) is 16.6. The first kappa shape index (κ1) is 30.2. The van der Waals surface area contributed by atoms with Gasteiger partial charge in [-0.25, -0.2) is 0 Å². The Morgan fingerprint density at radius 2 is 0.776 bits per heavy atom. The molecule has 0 fully saturated rings. The van der Waals surface area contributed by atoms with E-state index in [0.717, 1.165) is 0 Å². The molecule has 0 aromatic heterocycles. The van der Waals surface area contributed by atoms with Crippen molar-refractivity contribution in [3.8, 4) is 33.4 Å². The van der Waals surface area contributed by atoms with Crippen LogP contribution in [-0.2, 0) is 21.7 Å². The lowest BCUT2D eigenvalue weighted by molar-refractivity contribution is 0.299. The van der Waals surface area contributed by atoms with Gasteiger partial charge in [0.15, 0.2) is 0 Å². The minimum Gasteiger partial charge on any atom is -0.310 e. The summed E-state index contributed by atoms with van der Waals surface area (Å²) in [6.45, 7) is 19.3. The Morgan fingerprint density at radius 3 is 1.47 bits per heavy atom. The first-order valence-corrected chi connectivity index (χ1v) is 17.9. The molecule has 0 saturated carbocycles. The highest BCUT2D eigenvalue weighted by Gasteiger charge is 2.49. The van der Waals surface area contributed by atoms with Crippen molar-refractivity contribution in [2.24, 2.45) is 0 Å². The van der Waals surface area contributed by atoms with Crippen molar-refractivity contribution in [3.05, 3.63) is 161 Å². The fourth-order valence-electron chi connectivity index (χ4n) is 9.53. The number of fused-ring (bicyclic) bond motifs is 10. The summed E-state index contributed by atoms with van der Waals surface area (Å²) in [4.78, 5) is 2.45. The van der Waals surface area contributed by atoms with E-state index < -0.39 is 0 Å². The summed E-state index contributed by atoms with van der Waals surface area (Å²) >= 11 is 0. The fourth-order valence-corrected chi connectivity index (χ4v) is 9.53. The van der Waals surface area contributed by atoms with E-state index in [9.17, 15) is 0 Å². The van der Waals surface area contributed by atoms with Gasteiger partial charge in [-0.15, -0.1) is 0 Å². The third-order valence-corrected chi connectivity index (χ3v) is 13.0. The van der Waals surface area contributed by atoms with Gasteiger partial charge in [-0.2, -0.15) is 0 Å². The van der Waals surface area contributed by atoms with Crippen LogP contribution in [0.15, 0.2) is 127 Å². The quantitative estimate of drug-likeness (QED) is 0.187. The number of hydrogen-bond acceptors (Lipinski definition) is 1. The van der Waals surface area contributed by atoms with Gasteiger partial charge < -0.3 is 4.90 Å². The standard InChI is InChI=1S/C48H45N/c1-45(2)37-20-14-12-18-33(37)34-24-22-31(28-41(34)45)49(30-16-10-9-11-17-30)32-23-25-36-42(29-32)46(3,4)39-26-27-40-44(43(36)39)35-19-13-15-21-38(35)47(5,6)48(40,7)8/h9-29H,1-8H3. The maximum Gasteiger partial charge on any atom is 0.0465 e. The summed E-state index contributed by atoms with van der Waals surface area (Å²) in [5.74, 6) is 0. The monoisotopic (exact) mass is 635 g/mol. The molecule has 3 aliphatic carbocycles. The average molecular weight is 636 g/mol. The van der Waals surface area contributed by atoms with Gasteiger partial charge in [0.1, 0.15) is 0 Å². The lowest BCUT2D eigenvalue weighted by Gasteiger charge is -2.49. The van der Waals surface area contributed by atoms with Crippen LogP contribution in [0.4, 0.5) is 17.1 Å². The van der Waals surface area contributed by atoms with E-state index in [2.05, 4.69) is 188 Å². The topological polar surface area (TPSA) is 3.24 Å². The molecule has 0 amide bonds. The van der Waals surface area contributed by atoms with Gasteiger partial charge in [0.05, 0.1) is 0 Å². The predicted octanol–water partition coefficient (Wildman–Crippen LogP) is 13.0. The van der Waals surface area contributed by atoms with Crippen LogP contribution in [-0.4, -0.2) is 0 Å². The molecule has 1 nitrogen and oxygen atoms in total. The zero-order valence-corrected chi connectivity index (χ0v) is 30.1. The van der Waals surface area contributed by atoms with Crippen LogP contribution in [0.2, 0.25) is 0 Å². The number of nitrogens with zero attached hydrogens (tertiary/aromatic N) is 1. The highest BCUT2D eigenvalue weighted by Crippen LogP contribution is 2.61. The summed E-state index contributed by atoms with van der Waals surface area (Å²) in [5.41, 5.74) is 20.1. The largest absolute Gasteiger partial charge is 0.310 e. The Bertz CT molecular complexity index is 2330. The molecule has 9 rings (SSSR count). The Balaban J connectivity index is 1.25. The van der Waals surface area contributed by atoms with Gasteiger partial charge in [0.2, 0.25) is 0 Å². The summed E-state index contributed by atoms with van der Waals surface area (Å²) in [6.07, 6.45) is 0. The summed E-state index contributed by atoms with van der Waals surface area (Å²) in [7, 11) is 0. The summed E-state index contributed by atoms with van der Waals surface area (Å²) in [6, 6.07) is 48.1. The number of anilines is 3. The lowest BCUT2D eigenvalue weighted by Crippen LogP contribution is -2.43. The maximum atomic E-state index is 2.48. The highest BCUT2D eigenvalue weighted by atomic mass is 15.1. The second kappa shape index (κ2) is 9.85.